The molecular weight excluding hydrogens is 913 g/mol. The molecule has 2 unspecified atom stereocenters. The molecule has 0 heterocycles. The monoisotopic (exact) mass is 997 g/mol. The van der Waals surface area contributed by atoms with Crippen LogP contribution in [-0.2, 0) is 27.1 Å². The number of hydrogen-bond donors (Lipinski definition) is 0. The van der Waals surface area contributed by atoms with E-state index in [2.05, 4.69) is 261 Å². The summed E-state index contributed by atoms with van der Waals surface area (Å²) in [6.45, 7) is 50.2. The van der Waals surface area contributed by atoms with Crippen LogP contribution in [0.5, 0.6) is 0 Å². The van der Waals surface area contributed by atoms with Crippen LogP contribution < -0.4 is 0 Å². The lowest BCUT2D eigenvalue weighted by Gasteiger charge is -2.36. The van der Waals surface area contributed by atoms with Crippen LogP contribution in [0, 0.1) is 22.7 Å². The van der Waals surface area contributed by atoms with Crippen molar-refractivity contribution < 1.29 is 0 Å². The second-order valence-electron chi connectivity index (χ2n) is 31.2. The largest absolute Gasteiger partial charge is 0.0729 e. The van der Waals surface area contributed by atoms with Crippen LogP contribution in [0.2, 0.25) is 0 Å². The average molecular weight is 998 g/mol. The number of benzene rings is 8. The maximum Gasteiger partial charge on any atom is 0.0200 e. The zero-order valence-electron chi connectivity index (χ0n) is 50.1. The first-order chi connectivity index (χ1) is 35.1. The van der Waals surface area contributed by atoms with Crippen molar-refractivity contribution in [1.29, 1.82) is 0 Å². The fourth-order valence-electron chi connectivity index (χ4n) is 13.5. The van der Waals surface area contributed by atoms with Gasteiger partial charge in [0.1, 0.15) is 0 Å². The van der Waals surface area contributed by atoms with Crippen LogP contribution in [0.4, 0.5) is 0 Å². The molecule has 0 bridgehead atoms. The lowest BCUT2D eigenvalue weighted by atomic mass is 9.68. The van der Waals surface area contributed by atoms with E-state index in [0.717, 1.165) is 0 Å². The minimum absolute atomic E-state index is 0.00391. The van der Waals surface area contributed by atoms with Crippen molar-refractivity contribution in [1.82, 2.24) is 0 Å². The molecule has 0 amide bonds. The highest BCUT2D eigenvalue weighted by Crippen LogP contribution is 2.63. The van der Waals surface area contributed by atoms with E-state index in [1.54, 1.807) is 0 Å². The number of allylic oxidation sites excluding steroid dienone is 8. The van der Waals surface area contributed by atoms with Crippen molar-refractivity contribution in [2.24, 2.45) is 22.7 Å². The summed E-state index contributed by atoms with van der Waals surface area (Å²) < 4.78 is 0. The van der Waals surface area contributed by atoms with Crippen molar-refractivity contribution in [3.63, 3.8) is 0 Å². The summed E-state index contributed by atoms with van der Waals surface area (Å²) in [5.74, 6) is 0.571. The smallest absolute Gasteiger partial charge is 0.0200 e. The minimum Gasteiger partial charge on any atom is -0.0729 e. The zero-order valence-corrected chi connectivity index (χ0v) is 50.1. The predicted octanol–water partition coefficient (Wildman–Crippen LogP) is 22.2. The fourth-order valence-corrected chi connectivity index (χ4v) is 13.5. The molecule has 0 saturated heterocycles. The van der Waals surface area contributed by atoms with Gasteiger partial charge in [-0.2, -0.15) is 0 Å². The maximum atomic E-state index is 2.71. The van der Waals surface area contributed by atoms with Crippen LogP contribution in [0.3, 0.4) is 0 Å². The Kier molecular flexibility index (Phi) is 10.6. The lowest BCUT2D eigenvalue weighted by Crippen LogP contribution is -2.23. The van der Waals surface area contributed by atoms with E-state index in [9.17, 15) is 0 Å². The minimum atomic E-state index is -0.0678. The molecule has 0 fully saturated rings. The molecule has 2 atom stereocenters. The zero-order chi connectivity index (χ0) is 54.7. The first-order valence-electron chi connectivity index (χ1n) is 28.7. The van der Waals surface area contributed by atoms with Crippen LogP contribution in [0.15, 0.2) is 126 Å². The van der Waals surface area contributed by atoms with E-state index in [4.69, 9.17) is 0 Å². The Bertz CT molecular complexity index is 3910. The standard InChI is InChI=1S/C76H84/c1-70(2,3)47-26-42-23-22-41-24-25-54-67-61(34-46(33-47)62(42)66(41)67)69-65(45-31-50(73(10,11)12)36-51(32-45)74(13,14)15)60-40-56-55(57-37-52(75(16,17)18)27-43-28-53(76(19,20)21)38-58(56)63(43)57)39-59(60)64(68(54)69)44-29-48(71(4,5)6)35-49(30-44)72(7,8)9/h22-40,43,63H,1-21H3. The van der Waals surface area contributed by atoms with E-state index in [-0.39, 0.29) is 43.8 Å². The average Bonchev–Trinajstić information content (AvgIpc) is 3.80. The summed E-state index contributed by atoms with van der Waals surface area (Å²) in [6, 6.07) is 38.1. The van der Waals surface area contributed by atoms with Gasteiger partial charge >= 0.3 is 0 Å². The van der Waals surface area contributed by atoms with E-state index in [1.165, 1.54) is 149 Å². The summed E-state index contributed by atoms with van der Waals surface area (Å²) in [5, 5.41) is 10.9. The first-order valence-corrected chi connectivity index (χ1v) is 28.7. The number of hydrogen-bond acceptors (Lipinski definition) is 0. The molecule has 0 radical (unpaired) electrons. The number of fused-ring (bicyclic) bond motifs is 7. The highest BCUT2D eigenvalue weighted by molar-refractivity contribution is 6.36. The van der Waals surface area contributed by atoms with Gasteiger partial charge in [-0.1, -0.05) is 242 Å². The van der Waals surface area contributed by atoms with E-state index >= 15 is 0 Å². The van der Waals surface area contributed by atoms with Crippen molar-refractivity contribution in [3.05, 3.63) is 165 Å². The van der Waals surface area contributed by atoms with Gasteiger partial charge in [0.2, 0.25) is 0 Å². The Labute approximate surface area is 456 Å². The summed E-state index contributed by atoms with van der Waals surface area (Å²) in [6.07, 6.45) is 10.5. The van der Waals surface area contributed by atoms with E-state index in [0.29, 0.717) is 5.92 Å². The lowest BCUT2D eigenvalue weighted by molar-refractivity contribution is 0.491. The van der Waals surface area contributed by atoms with Crippen molar-refractivity contribution in [2.45, 2.75) is 172 Å². The number of rotatable bonds is 2. The third kappa shape index (κ3) is 7.79. The molecule has 0 saturated carbocycles. The van der Waals surface area contributed by atoms with E-state index in [1.807, 2.05) is 0 Å². The van der Waals surface area contributed by atoms with Gasteiger partial charge < -0.3 is 0 Å². The molecule has 12 rings (SSSR count). The summed E-state index contributed by atoms with van der Waals surface area (Å²) in [7, 11) is 0. The second kappa shape index (κ2) is 15.8. The molecule has 8 aromatic carbocycles. The van der Waals surface area contributed by atoms with Gasteiger partial charge in [0.15, 0.2) is 0 Å². The third-order valence-electron chi connectivity index (χ3n) is 18.2. The molecule has 0 aliphatic heterocycles. The maximum absolute atomic E-state index is 2.71. The predicted molar refractivity (Wildman–Crippen MR) is 334 cm³/mol. The van der Waals surface area contributed by atoms with Crippen LogP contribution >= 0.6 is 0 Å². The highest BCUT2D eigenvalue weighted by Gasteiger charge is 2.44. The van der Waals surface area contributed by atoms with Gasteiger partial charge in [0.05, 0.1) is 0 Å². The van der Waals surface area contributed by atoms with Gasteiger partial charge in [-0.25, -0.2) is 0 Å². The van der Waals surface area contributed by atoms with Crippen molar-refractivity contribution in [2.75, 3.05) is 0 Å². The van der Waals surface area contributed by atoms with Crippen molar-refractivity contribution >= 4 is 54.2 Å². The van der Waals surface area contributed by atoms with Crippen LogP contribution in [0.25, 0.3) is 98.7 Å². The Morgan fingerprint density at radius 3 is 1.09 bits per heavy atom. The molecule has 76 heavy (non-hydrogen) atoms. The molecule has 0 heteroatoms. The van der Waals surface area contributed by atoms with Crippen LogP contribution in [0.1, 0.15) is 184 Å². The normalized spacial score (nSPS) is 17.9. The molecular formula is C76H84. The Morgan fingerprint density at radius 2 is 0.671 bits per heavy atom. The molecule has 4 aliphatic carbocycles. The third-order valence-corrected chi connectivity index (χ3v) is 18.2. The van der Waals surface area contributed by atoms with E-state index < -0.39 is 0 Å². The molecule has 0 nitrogen and oxygen atoms in total. The van der Waals surface area contributed by atoms with Gasteiger partial charge in [0.25, 0.3) is 0 Å². The molecule has 0 spiro atoms. The Balaban J connectivity index is 1.35. The molecule has 8 aromatic rings. The second-order valence-corrected chi connectivity index (χ2v) is 31.2. The Morgan fingerprint density at radius 1 is 0.289 bits per heavy atom. The summed E-state index contributed by atoms with van der Waals surface area (Å²) >= 11 is 0. The highest BCUT2D eigenvalue weighted by atomic mass is 14.5. The first kappa shape index (κ1) is 50.8. The van der Waals surface area contributed by atoms with Crippen molar-refractivity contribution in [3.8, 4) is 44.5 Å². The molecule has 388 valence electrons. The topological polar surface area (TPSA) is 0 Å². The van der Waals surface area contributed by atoms with Gasteiger partial charge in [-0.3, -0.25) is 0 Å². The molecule has 4 aliphatic rings. The summed E-state index contributed by atoms with van der Waals surface area (Å²) in [4.78, 5) is 0. The van der Waals surface area contributed by atoms with Gasteiger partial charge in [-0.05, 0) is 205 Å². The fraction of sp³-hybridized carbons (Fsp3) is 0.395. The SMILES string of the molecule is CC(C)(C)C1=CC2C=C(C(C)(C)C)C=C3c4cc5c(-c6cc(C(C)(C)C)cc(C(C)(C)C)c6)c6c(c(-c7cc(C(C)(C)C)cc(C(C)(C)C)c7)c5cc4C(=C1)C32)-c1ccc2ccc3cc(C(C)(C)C)cc4cc-6c1c2c34. The molecule has 0 N–H and O–H groups in total. The Hall–Kier alpha value is -5.98. The van der Waals surface area contributed by atoms with Gasteiger partial charge in [0, 0.05) is 11.8 Å². The quantitative estimate of drug-likeness (QED) is 0.151. The van der Waals surface area contributed by atoms with Crippen LogP contribution in [-0.4, -0.2) is 0 Å². The van der Waals surface area contributed by atoms with Gasteiger partial charge in [-0.15, -0.1) is 0 Å². The molecule has 0 aromatic heterocycles. The summed E-state index contributed by atoms with van der Waals surface area (Å²) in [5.41, 5.74) is 26.2.